The van der Waals surface area contributed by atoms with Gasteiger partial charge in [0.05, 0.1) is 12.7 Å². The van der Waals surface area contributed by atoms with E-state index < -0.39 is 0 Å². The summed E-state index contributed by atoms with van der Waals surface area (Å²) >= 11 is 6.88. The Morgan fingerprint density at radius 3 is 2.85 bits per heavy atom. The Morgan fingerprint density at radius 1 is 1.40 bits per heavy atom. The fourth-order valence-electron chi connectivity index (χ4n) is 2.36. The van der Waals surface area contributed by atoms with Gasteiger partial charge in [0, 0.05) is 11.4 Å². The van der Waals surface area contributed by atoms with Crippen LogP contribution in [0.2, 0.25) is 0 Å². The van der Waals surface area contributed by atoms with E-state index in [0.717, 1.165) is 42.8 Å². The molecule has 0 aliphatic heterocycles. The molecule has 2 N–H and O–H groups in total. The number of carbonyl (C=O) groups is 1. The van der Waals surface area contributed by atoms with Crippen LogP contribution < -0.4 is 10.6 Å². The number of methoxy groups -OCH3 is 1. The van der Waals surface area contributed by atoms with Gasteiger partial charge in [0.15, 0.2) is 5.11 Å². The standard InChI is InChI=1S/C14H20N2O2S2/c1-3-8-15-14(19)16-12-11(13(17)18-2)9-6-4-5-7-10(9)20-12/h3-8H2,1-2H3,(H2,15,16,19). The monoisotopic (exact) mass is 312 g/mol. The molecule has 2 rings (SSSR count). The van der Waals surface area contributed by atoms with Crippen molar-refractivity contribution < 1.29 is 9.53 Å². The van der Waals surface area contributed by atoms with Crippen LogP contribution in [0.4, 0.5) is 5.00 Å². The second-order valence-electron chi connectivity index (χ2n) is 4.79. The first kappa shape index (κ1) is 15.3. The van der Waals surface area contributed by atoms with E-state index in [4.69, 9.17) is 17.0 Å². The number of carbonyl (C=O) groups excluding carboxylic acids is 1. The van der Waals surface area contributed by atoms with Gasteiger partial charge in [-0.3, -0.25) is 0 Å². The Balaban J connectivity index is 2.25. The number of fused-ring (bicyclic) bond motifs is 1. The molecule has 0 unspecified atom stereocenters. The molecule has 0 fully saturated rings. The van der Waals surface area contributed by atoms with Crippen LogP contribution in [0.1, 0.15) is 47.0 Å². The van der Waals surface area contributed by atoms with Gasteiger partial charge in [-0.25, -0.2) is 4.79 Å². The Bertz CT molecular complexity index is 512. The Morgan fingerprint density at radius 2 is 2.15 bits per heavy atom. The molecule has 1 aromatic rings. The summed E-state index contributed by atoms with van der Waals surface area (Å²) in [6.45, 7) is 2.91. The highest BCUT2D eigenvalue weighted by Crippen LogP contribution is 2.38. The minimum Gasteiger partial charge on any atom is -0.465 e. The number of thiocarbonyl (C=S) groups is 1. The van der Waals surface area contributed by atoms with Crippen LogP contribution in [0.3, 0.4) is 0 Å². The van der Waals surface area contributed by atoms with Crippen LogP contribution in [0, 0.1) is 0 Å². The van der Waals surface area contributed by atoms with E-state index in [1.807, 2.05) is 0 Å². The van der Waals surface area contributed by atoms with Gasteiger partial charge in [-0.15, -0.1) is 11.3 Å². The van der Waals surface area contributed by atoms with E-state index in [9.17, 15) is 4.79 Å². The van der Waals surface area contributed by atoms with Crippen molar-refractivity contribution in [2.45, 2.75) is 39.0 Å². The SMILES string of the molecule is CCCNC(=S)Nc1sc2c(c1C(=O)OC)CCCC2. The highest BCUT2D eigenvalue weighted by atomic mass is 32.1. The zero-order valence-electron chi connectivity index (χ0n) is 11.9. The van der Waals surface area contributed by atoms with Gasteiger partial charge in [-0.1, -0.05) is 6.92 Å². The Labute approximate surface area is 128 Å². The van der Waals surface area contributed by atoms with E-state index in [2.05, 4.69) is 17.6 Å². The second-order valence-corrected chi connectivity index (χ2v) is 6.30. The average molecular weight is 312 g/mol. The molecule has 0 saturated heterocycles. The summed E-state index contributed by atoms with van der Waals surface area (Å²) < 4.78 is 4.93. The molecule has 0 saturated carbocycles. The van der Waals surface area contributed by atoms with Crippen molar-refractivity contribution in [1.29, 1.82) is 0 Å². The van der Waals surface area contributed by atoms with Crippen molar-refractivity contribution in [1.82, 2.24) is 5.32 Å². The van der Waals surface area contributed by atoms with Gasteiger partial charge in [-0.2, -0.15) is 0 Å². The normalized spacial score (nSPS) is 13.5. The number of aryl methyl sites for hydroxylation is 1. The van der Waals surface area contributed by atoms with Crippen LogP contribution in [-0.2, 0) is 17.6 Å². The third-order valence-electron chi connectivity index (χ3n) is 3.32. The number of ether oxygens (including phenoxy) is 1. The van der Waals surface area contributed by atoms with Gasteiger partial charge in [-0.05, 0) is 49.9 Å². The van der Waals surface area contributed by atoms with E-state index in [0.29, 0.717) is 10.7 Å². The summed E-state index contributed by atoms with van der Waals surface area (Å²) in [6, 6.07) is 0. The molecule has 0 radical (unpaired) electrons. The molecule has 1 heterocycles. The van der Waals surface area contributed by atoms with Gasteiger partial charge in [0.25, 0.3) is 0 Å². The molecule has 20 heavy (non-hydrogen) atoms. The molecule has 0 amide bonds. The number of hydrogen-bond acceptors (Lipinski definition) is 4. The van der Waals surface area contributed by atoms with Crippen LogP contribution in [0.15, 0.2) is 0 Å². The van der Waals surface area contributed by atoms with Crippen molar-refractivity contribution in [3.8, 4) is 0 Å². The Hall–Kier alpha value is -1.14. The summed E-state index contributed by atoms with van der Waals surface area (Å²) in [4.78, 5) is 13.3. The smallest absolute Gasteiger partial charge is 0.341 e. The fraction of sp³-hybridized carbons (Fsp3) is 0.571. The fourth-order valence-corrected chi connectivity index (χ4v) is 3.91. The lowest BCUT2D eigenvalue weighted by atomic mass is 9.95. The molecule has 0 bridgehead atoms. The number of anilines is 1. The maximum atomic E-state index is 12.0. The molecule has 0 spiro atoms. The van der Waals surface area contributed by atoms with E-state index in [1.165, 1.54) is 18.4 Å². The quantitative estimate of drug-likeness (QED) is 0.661. The molecule has 1 aliphatic rings. The second kappa shape index (κ2) is 7.04. The predicted octanol–water partition coefficient (Wildman–Crippen LogP) is 3.11. The molecule has 110 valence electrons. The highest BCUT2D eigenvalue weighted by Gasteiger charge is 2.26. The van der Waals surface area contributed by atoms with E-state index >= 15 is 0 Å². The molecule has 6 heteroatoms. The number of nitrogens with one attached hydrogen (secondary N) is 2. The number of rotatable bonds is 4. The first-order valence-electron chi connectivity index (χ1n) is 6.95. The van der Waals surface area contributed by atoms with Gasteiger partial charge < -0.3 is 15.4 Å². The zero-order valence-corrected chi connectivity index (χ0v) is 13.5. The molecule has 0 atom stereocenters. The molecule has 1 aromatic heterocycles. The number of esters is 1. The van der Waals surface area contributed by atoms with Crippen LogP contribution in [-0.4, -0.2) is 24.7 Å². The summed E-state index contributed by atoms with van der Waals surface area (Å²) in [5.74, 6) is -0.273. The van der Waals surface area contributed by atoms with Crippen LogP contribution >= 0.6 is 23.6 Å². The molecular weight excluding hydrogens is 292 g/mol. The third kappa shape index (κ3) is 3.30. The van der Waals surface area contributed by atoms with Gasteiger partial charge in [0.1, 0.15) is 5.00 Å². The lowest BCUT2D eigenvalue weighted by Crippen LogP contribution is -2.29. The van der Waals surface area contributed by atoms with Crippen molar-refractivity contribution in [3.05, 3.63) is 16.0 Å². The van der Waals surface area contributed by atoms with E-state index in [1.54, 1.807) is 11.3 Å². The van der Waals surface area contributed by atoms with Crippen molar-refractivity contribution in [2.75, 3.05) is 19.0 Å². The first-order valence-corrected chi connectivity index (χ1v) is 8.17. The summed E-state index contributed by atoms with van der Waals surface area (Å²) in [5, 5.41) is 7.66. The number of thiophene rings is 1. The van der Waals surface area contributed by atoms with Crippen molar-refractivity contribution >= 4 is 39.6 Å². The van der Waals surface area contributed by atoms with Crippen LogP contribution in [0.5, 0.6) is 0 Å². The Kier molecular flexibility index (Phi) is 5.37. The summed E-state index contributed by atoms with van der Waals surface area (Å²) in [7, 11) is 1.42. The minimum absolute atomic E-state index is 0.273. The third-order valence-corrected chi connectivity index (χ3v) is 4.78. The van der Waals surface area contributed by atoms with Gasteiger partial charge in [0.2, 0.25) is 0 Å². The summed E-state index contributed by atoms with van der Waals surface area (Å²) in [5.41, 5.74) is 1.82. The van der Waals surface area contributed by atoms with Crippen LogP contribution in [0.25, 0.3) is 0 Å². The number of hydrogen-bond donors (Lipinski definition) is 2. The first-order chi connectivity index (χ1) is 9.67. The molecule has 4 nitrogen and oxygen atoms in total. The molecule has 1 aliphatic carbocycles. The maximum absolute atomic E-state index is 12.0. The lowest BCUT2D eigenvalue weighted by Gasteiger charge is -2.12. The lowest BCUT2D eigenvalue weighted by molar-refractivity contribution is 0.0601. The maximum Gasteiger partial charge on any atom is 0.341 e. The van der Waals surface area contributed by atoms with Crippen molar-refractivity contribution in [2.24, 2.45) is 0 Å². The summed E-state index contributed by atoms with van der Waals surface area (Å²) in [6.07, 6.45) is 5.32. The minimum atomic E-state index is -0.273. The topological polar surface area (TPSA) is 50.4 Å². The molecular formula is C14H20N2O2S2. The largest absolute Gasteiger partial charge is 0.465 e. The van der Waals surface area contributed by atoms with Crippen molar-refractivity contribution in [3.63, 3.8) is 0 Å². The predicted molar refractivity (Wildman–Crippen MR) is 86.8 cm³/mol. The van der Waals surface area contributed by atoms with Gasteiger partial charge >= 0.3 is 5.97 Å². The highest BCUT2D eigenvalue weighted by molar-refractivity contribution is 7.80. The van der Waals surface area contributed by atoms with E-state index in [-0.39, 0.29) is 5.97 Å². The molecule has 0 aromatic carbocycles. The average Bonchev–Trinajstić information content (AvgIpc) is 2.82. The zero-order chi connectivity index (χ0) is 14.5.